The standard InChI is InChI=1S/C21H20N6/c1-27(2)18-8-5-7-16(13-18)25-21-22-11-10-20(26-21)24-17-12-15-6-3-4-9-19(15)23-14-17/h3-14H,1-2H3,(H2,22,24,25,26). The summed E-state index contributed by atoms with van der Waals surface area (Å²) in [7, 11) is 4.02. The molecule has 0 spiro atoms. The molecule has 6 heteroatoms. The average molecular weight is 356 g/mol. The van der Waals surface area contributed by atoms with Gasteiger partial charge in [0.05, 0.1) is 17.4 Å². The molecule has 0 fully saturated rings. The fourth-order valence-electron chi connectivity index (χ4n) is 2.77. The third kappa shape index (κ3) is 3.95. The monoisotopic (exact) mass is 356 g/mol. The Labute approximate surface area is 157 Å². The van der Waals surface area contributed by atoms with Gasteiger partial charge in [-0.2, -0.15) is 4.98 Å². The Morgan fingerprint density at radius 1 is 0.815 bits per heavy atom. The van der Waals surface area contributed by atoms with Gasteiger partial charge in [0.1, 0.15) is 5.82 Å². The van der Waals surface area contributed by atoms with E-state index in [1.165, 1.54) is 0 Å². The molecule has 0 atom stereocenters. The Bertz CT molecular complexity index is 1080. The van der Waals surface area contributed by atoms with Crippen LogP contribution in [-0.2, 0) is 0 Å². The fraction of sp³-hybridized carbons (Fsp3) is 0.0952. The first-order valence-electron chi connectivity index (χ1n) is 8.67. The number of para-hydroxylation sites is 1. The number of benzene rings is 2. The van der Waals surface area contributed by atoms with Crippen molar-refractivity contribution in [1.82, 2.24) is 15.0 Å². The van der Waals surface area contributed by atoms with Gasteiger partial charge in [-0.15, -0.1) is 0 Å². The van der Waals surface area contributed by atoms with Gasteiger partial charge in [-0.25, -0.2) is 4.98 Å². The van der Waals surface area contributed by atoms with E-state index >= 15 is 0 Å². The van der Waals surface area contributed by atoms with Crippen LogP contribution in [0.15, 0.2) is 73.1 Å². The van der Waals surface area contributed by atoms with Crippen molar-refractivity contribution in [3.63, 3.8) is 0 Å². The van der Waals surface area contributed by atoms with Crippen LogP contribution in [0.3, 0.4) is 0 Å². The van der Waals surface area contributed by atoms with E-state index < -0.39 is 0 Å². The average Bonchev–Trinajstić information content (AvgIpc) is 2.68. The second kappa shape index (κ2) is 7.29. The van der Waals surface area contributed by atoms with Gasteiger partial charge < -0.3 is 15.5 Å². The molecule has 6 nitrogen and oxygen atoms in total. The zero-order chi connectivity index (χ0) is 18.6. The highest BCUT2D eigenvalue weighted by molar-refractivity contribution is 5.82. The fourth-order valence-corrected chi connectivity index (χ4v) is 2.77. The predicted molar refractivity (Wildman–Crippen MR) is 111 cm³/mol. The molecule has 134 valence electrons. The van der Waals surface area contributed by atoms with Crippen LogP contribution in [0.2, 0.25) is 0 Å². The van der Waals surface area contributed by atoms with E-state index in [0.29, 0.717) is 11.8 Å². The molecule has 2 aromatic heterocycles. The highest BCUT2D eigenvalue weighted by Crippen LogP contribution is 2.22. The number of anilines is 5. The Kier molecular flexibility index (Phi) is 4.53. The molecule has 0 amide bonds. The minimum absolute atomic E-state index is 0.532. The van der Waals surface area contributed by atoms with Gasteiger partial charge in [0.25, 0.3) is 0 Å². The maximum Gasteiger partial charge on any atom is 0.229 e. The minimum Gasteiger partial charge on any atom is -0.378 e. The molecule has 0 bridgehead atoms. The topological polar surface area (TPSA) is 66.0 Å². The van der Waals surface area contributed by atoms with Crippen LogP contribution in [0, 0.1) is 0 Å². The minimum atomic E-state index is 0.532. The number of fused-ring (bicyclic) bond motifs is 1. The molecule has 27 heavy (non-hydrogen) atoms. The van der Waals surface area contributed by atoms with E-state index in [9.17, 15) is 0 Å². The van der Waals surface area contributed by atoms with E-state index in [1.807, 2.05) is 56.6 Å². The van der Waals surface area contributed by atoms with Gasteiger partial charge in [-0.3, -0.25) is 4.98 Å². The van der Waals surface area contributed by atoms with E-state index in [-0.39, 0.29) is 0 Å². The van der Waals surface area contributed by atoms with Crippen LogP contribution in [0.5, 0.6) is 0 Å². The summed E-state index contributed by atoms with van der Waals surface area (Å²) in [5.74, 6) is 1.23. The summed E-state index contributed by atoms with van der Waals surface area (Å²) in [5.41, 5.74) is 3.89. The van der Waals surface area contributed by atoms with Gasteiger partial charge in [0, 0.05) is 37.1 Å². The van der Waals surface area contributed by atoms with E-state index in [4.69, 9.17) is 0 Å². The number of hydrogen-bond acceptors (Lipinski definition) is 6. The zero-order valence-electron chi connectivity index (χ0n) is 15.2. The van der Waals surface area contributed by atoms with Crippen molar-refractivity contribution < 1.29 is 0 Å². The Hall–Kier alpha value is -3.67. The SMILES string of the molecule is CN(C)c1cccc(Nc2nccc(Nc3cnc4ccccc4c3)n2)c1. The molecule has 4 aromatic rings. The lowest BCUT2D eigenvalue weighted by Gasteiger charge is -2.14. The summed E-state index contributed by atoms with van der Waals surface area (Å²) in [4.78, 5) is 15.4. The number of aromatic nitrogens is 3. The first-order valence-corrected chi connectivity index (χ1v) is 8.67. The molecule has 0 unspecified atom stereocenters. The van der Waals surface area contributed by atoms with Gasteiger partial charge in [-0.1, -0.05) is 24.3 Å². The molecule has 2 N–H and O–H groups in total. The van der Waals surface area contributed by atoms with Gasteiger partial charge in [-0.05, 0) is 36.4 Å². The first-order chi connectivity index (χ1) is 13.2. The quantitative estimate of drug-likeness (QED) is 0.546. The summed E-state index contributed by atoms with van der Waals surface area (Å²) in [6.45, 7) is 0. The Balaban J connectivity index is 1.54. The number of nitrogens with zero attached hydrogens (tertiary/aromatic N) is 4. The second-order valence-corrected chi connectivity index (χ2v) is 6.38. The van der Waals surface area contributed by atoms with Crippen LogP contribution in [0.25, 0.3) is 10.9 Å². The number of nitrogens with one attached hydrogen (secondary N) is 2. The molecule has 0 saturated carbocycles. The molecule has 0 aliphatic rings. The third-order valence-electron chi connectivity index (χ3n) is 4.14. The summed E-state index contributed by atoms with van der Waals surface area (Å²) in [5, 5.41) is 7.62. The van der Waals surface area contributed by atoms with Crippen molar-refractivity contribution in [2.45, 2.75) is 0 Å². The maximum absolute atomic E-state index is 4.54. The Morgan fingerprint density at radius 2 is 1.70 bits per heavy atom. The first kappa shape index (κ1) is 16.8. The molecule has 0 aliphatic heterocycles. The van der Waals surface area contributed by atoms with E-state index in [2.05, 4.69) is 48.7 Å². The van der Waals surface area contributed by atoms with Crippen LogP contribution < -0.4 is 15.5 Å². The zero-order valence-corrected chi connectivity index (χ0v) is 15.2. The Morgan fingerprint density at radius 3 is 2.59 bits per heavy atom. The number of hydrogen-bond donors (Lipinski definition) is 2. The number of pyridine rings is 1. The second-order valence-electron chi connectivity index (χ2n) is 6.38. The smallest absolute Gasteiger partial charge is 0.229 e. The molecule has 2 aromatic carbocycles. The van der Waals surface area contributed by atoms with Crippen molar-refractivity contribution in [2.75, 3.05) is 29.6 Å². The van der Waals surface area contributed by atoms with Crippen molar-refractivity contribution in [1.29, 1.82) is 0 Å². The lowest BCUT2D eigenvalue weighted by molar-refractivity contribution is 1.13. The van der Waals surface area contributed by atoms with Crippen molar-refractivity contribution in [3.05, 3.63) is 73.1 Å². The van der Waals surface area contributed by atoms with Crippen LogP contribution >= 0.6 is 0 Å². The molecule has 0 radical (unpaired) electrons. The lowest BCUT2D eigenvalue weighted by atomic mass is 10.2. The molecular formula is C21H20N6. The predicted octanol–water partition coefficient (Wildman–Crippen LogP) is 4.58. The molecule has 2 heterocycles. The molecule has 4 rings (SSSR count). The maximum atomic E-state index is 4.54. The third-order valence-corrected chi connectivity index (χ3v) is 4.14. The van der Waals surface area contributed by atoms with Crippen LogP contribution in [0.1, 0.15) is 0 Å². The van der Waals surface area contributed by atoms with Gasteiger partial charge in [0.15, 0.2) is 0 Å². The largest absolute Gasteiger partial charge is 0.378 e. The normalized spacial score (nSPS) is 10.6. The summed E-state index contributed by atoms with van der Waals surface area (Å²) in [6.07, 6.45) is 3.53. The summed E-state index contributed by atoms with van der Waals surface area (Å²) in [6, 6.07) is 20.0. The van der Waals surface area contributed by atoms with Crippen molar-refractivity contribution in [3.8, 4) is 0 Å². The summed E-state index contributed by atoms with van der Waals surface area (Å²) < 4.78 is 0. The van der Waals surface area contributed by atoms with Gasteiger partial charge in [0.2, 0.25) is 5.95 Å². The molecular weight excluding hydrogens is 336 g/mol. The lowest BCUT2D eigenvalue weighted by Crippen LogP contribution is -2.08. The molecule has 0 aliphatic carbocycles. The summed E-state index contributed by atoms with van der Waals surface area (Å²) >= 11 is 0. The number of rotatable bonds is 5. The van der Waals surface area contributed by atoms with Crippen molar-refractivity contribution in [2.24, 2.45) is 0 Å². The van der Waals surface area contributed by atoms with Crippen LogP contribution in [-0.4, -0.2) is 29.0 Å². The van der Waals surface area contributed by atoms with Gasteiger partial charge >= 0.3 is 0 Å². The highest BCUT2D eigenvalue weighted by atomic mass is 15.1. The molecule has 0 saturated heterocycles. The van der Waals surface area contributed by atoms with Crippen LogP contribution in [0.4, 0.5) is 28.8 Å². The van der Waals surface area contributed by atoms with E-state index in [1.54, 1.807) is 12.4 Å². The van der Waals surface area contributed by atoms with Crippen molar-refractivity contribution >= 4 is 39.7 Å². The highest BCUT2D eigenvalue weighted by Gasteiger charge is 2.04. The van der Waals surface area contributed by atoms with E-state index in [0.717, 1.165) is 28.0 Å².